The largest absolute Gasteiger partial charge is 0.427 e. The van der Waals surface area contributed by atoms with Crippen molar-refractivity contribution in [1.29, 1.82) is 0 Å². The molecule has 2 aliphatic carbocycles. The Kier molecular flexibility index (Phi) is 4.22. The maximum Gasteiger partial charge on any atom is 0.308 e. The number of ether oxygens (including phenoxy) is 1. The molecule has 0 N–H and O–H groups in total. The van der Waals surface area contributed by atoms with Gasteiger partial charge in [-0.25, -0.2) is 0 Å². The molecule has 0 spiro atoms. The molecule has 2 aromatic rings. The Labute approximate surface area is 155 Å². The first-order valence-corrected chi connectivity index (χ1v) is 9.51. The van der Waals surface area contributed by atoms with Gasteiger partial charge in [-0.05, 0) is 59.4 Å². The third-order valence-corrected chi connectivity index (χ3v) is 6.18. The average Bonchev–Trinajstić information content (AvgIpc) is 3.25. The van der Waals surface area contributed by atoms with Gasteiger partial charge < -0.3 is 4.74 Å². The van der Waals surface area contributed by atoms with Gasteiger partial charge in [-0.1, -0.05) is 62.4 Å². The van der Waals surface area contributed by atoms with Gasteiger partial charge in [-0.15, -0.1) is 0 Å². The van der Waals surface area contributed by atoms with Crippen LogP contribution in [0.1, 0.15) is 56.2 Å². The molecule has 2 aromatic carbocycles. The van der Waals surface area contributed by atoms with Gasteiger partial charge in [0.2, 0.25) is 0 Å². The first-order valence-electron chi connectivity index (χ1n) is 9.51. The quantitative estimate of drug-likeness (QED) is 0.408. The maximum absolute atomic E-state index is 11.1. The molecule has 0 amide bonds. The second-order valence-corrected chi connectivity index (χ2v) is 8.25. The predicted molar refractivity (Wildman–Crippen MR) is 104 cm³/mol. The Bertz CT molecular complexity index is 828. The van der Waals surface area contributed by atoms with Crippen molar-refractivity contribution in [3.05, 3.63) is 77.4 Å². The van der Waals surface area contributed by atoms with Crippen LogP contribution in [0.15, 0.2) is 60.7 Å². The standard InChI is InChI=1S/C24H26O2/c1-16(25)26-22-12-10-21(11-13-22)24(2,3)20-8-6-18(7-9-20)23-15-17-4-5-19(23)14-17/h4-13,17,19,23H,14-15H2,1-3H3. The summed E-state index contributed by atoms with van der Waals surface area (Å²) >= 11 is 0. The molecular formula is C24H26O2. The van der Waals surface area contributed by atoms with Gasteiger partial charge >= 0.3 is 5.97 Å². The van der Waals surface area contributed by atoms with Crippen molar-refractivity contribution in [2.45, 2.75) is 44.9 Å². The van der Waals surface area contributed by atoms with Crippen molar-refractivity contribution in [3.8, 4) is 5.75 Å². The maximum atomic E-state index is 11.1. The molecule has 0 heterocycles. The van der Waals surface area contributed by atoms with E-state index in [1.807, 2.05) is 24.3 Å². The van der Waals surface area contributed by atoms with E-state index in [9.17, 15) is 4.79 Å². The number of hydrogen-bond acceptors (Lipinski definition) is 2. The molecule has 0 aromatic heterocycles. The second kappa shape index (κ2) is 6.42. The fraction of sp³-hybridized carbons (Fsp3) is 0.375. The number of benzene rings is 2. The van der Waals surface area contributed by atoms with E-state index in [0.717, 1.165) is 11.8 Å². The number of hydrogen-bond donors (Lipinski definition) is 0. The molecule has 134 valence electrons. The first kappa shape index (κ1) is 17.1. The molecule has 0 saturated heterocycles. The van der Waals surface area contributed by atoms with Crippen LogP contribution < -0.4 is 4.74 Å². The Morgan fingerprint density at radius 2 is 1.54 bits per heavy atom. The average molecular weight is 346 g/mol. The summed E-state index contributed by atoms with van der Waals surface area (Å²) in [4.78, 5) is 11.1. The highest BCUT2D eigenvalue weighted by atomic mass is 16.5. The van der Waals surface area contributed by atoms with Gasteiger partial charge in [0.15, 0.2) is 0 Å². The summed E-state index contributed by atoms with van der Waals surface area (Å²) in [6.07, 6.45) is 7.47. The summed E-state index contributed by atoms with van der Waals surface area (Å²) in [7, 11) is 0. The minimum Gasteiger partial charge on any atom is -0.427 e. The lowest BCUT2D eigenvalue weighted by molar-refractivity contribution is -0.131. The Morgan fingerprint density at radius 3 is 2.04 bits per heavy atom. The highest BCUT2D eigenvalue weighted by molar-refractivity contribution is 5.69. The van der Waals surface area contributed by atoms with Crippen LogP contribution in [0.5, 0.6) is 5.75 Å². The molecule has 2 aliphatic rings. The third-order valence-electron chi connectivity index (χ3n) is 6.18. The molecule has 2 bridgehead atoms. The zero-order valence-electron chi connectivity index (χ0n) is 15.7. The lowest BCUT2D eigenvalue weighted by Gasteiger charge is -2.27. The van der Waals surface area contributed by atoms with E-state index in [1.54, 1.807) is 0 Å². The van der Waals surface area contributed by atoms with E-state index >= 15 is 0 Å². The minimum absolute atomic E-state index is 0.0954. The van der Waals surface area contributed by atoms with Crippen molar-refractivity contribution >= 4 is 5.97 Å². The van der Waals surface area contributed by atoms with Crippen molar-refractivity contribution in [1.82, 2.24) is 0 Å². The van der Waals surface area contributed by atoms with Crippen molar-refractivity contribution in [2.24, 2.45) is 11.8 Å². The molecule has 0 radical (unpaired) electrons. The molecule has 26 heavy (non-hydrogen) atoms. The molecular weight excluding hydrogens is 320 g/mol. The van der Waals surface area contributed by atoms with E-state index in [0.29, 0.717) is 11.7 Å². The highest BCUT2D eigenvalue weighted by Crippen LogP contribution is 2.49. The van der Waals surface area contributed by atoms with Gasteiger partial charge in [0, 0.05) is 12.3 Å². The third kappa shape index (κ3) is 3.09. The van der Waals surface area contributed by atoms with Crippen LogP contribution in [0.4, 0.5) is 0 Å². The molecule has 3 atom stereocenters. The normalized spacial score (nSPS) is 24.0. The number of rotatable bonds is 4. The highest BCUT2D eigenvalue weighted by Gasteiger charge is 2.36. The summed E-state index contributed by atoms with van der Waals surface area (Å²) in [6.45, 7) is 5.90. The lowest BCUT2D eigenvalue weighted by atomic mass is 9.77. The summed E-state index contributed by atoms with van der Waals surface area (Å²) in [5.74, 6) is 2.55. The Balaban J connectivity index is 1.54. The van der Waals surface area contributed by atoms with E-state index in [4.69, 9.17) is 4.74 Å². The fourth-order valence-electron chi connectivity index (χ4n) is 4.58. The van der Waals surface area contributed by atoms with Crippen LogP contribution in [0.2, 0.25) is 0 Å². The van der Waals surface area contributed by atoms with Gasteiger partial charge in [-0.2, -0.15) is 0 Å². The molecule has 1 fully saturated rings. The molecule has 2 nitrogen and oxygen atoms in total. The van der Waals surface area contributed by atoms with Gasteiger partial charge in [0.1, 0.15) is 5.75 Å². The van der Waals surface area contributed by atoms with Gasteiger partial charge in [-0.3, -0.25) is 4.79 Å². The van der Waals surface area contributed by atoms with Crippen LogP contribution in [0.25, 0.3) is 0 Å². The number of carbonyl (C=O) groups is 1. The molecule has 0 aliphatic heterocycles. The van der Waals surface area contributed by atoms with E-state index in [2.05, 4.69) is 50.3 Å². The van der Waals surface area contributed by atoms with Crippen molar-refractivity contribution < 1.29 is 9.53 Å². The monoisotopic (exact) mass is 346 g/mol. The first-order chi connectivity index (χ1) is 12.4. The summed E-state index contributed by atoms with van der Waals surface area (Å²) in [5, 5.41) is 0. The van der Waals surface area contributed by atoms with Crippen LogP contribution >= 0.6 is 0 Å². The van der Waals surface area contributed by atoms with Gasteiger partial charge in [0.05, 0.1) is 0 Å². The number of fused-ring (bicyclic) bond motifs is 2. The SMILES string of the molecule is CC(=O)Oc1ccc(C(C)(C)c2ccc(C3CC4C=CC3C4)cc2)cc1. The van der Waals surface area contributed by atoms with E-state index in [1.165, 1.54) is 36.5 Å². The number of carbonyl (C=O) groups excluding carboxylic acids is 1. The topological polar surface area (TPSA) is 26.3 Å². The summed E-state index contributed by atoms with van der Waals surface area (Å²) < 4.78 is 5.14. The molecule has 2 heteroatoms. The Morgan fingerprint density at radius 1 is 0.923 bits per heavy atom. The molecule has 4 rings (SSSR count). The summed E-state index contributed by atoms with van der Waals surface area (Å²) in [5.41, 5.74) is 3.90. The van der Waals surface area contributed by atoms with Crippen LogP contribution in [-0.4, -0.2) is 5.97 Å². The number of esters is 1. The zero-order valence-corrected chi connectivity index (χ0v) is 15.7. The Hall–Kier alpha value is -2.35. The molecule has 3 unspecified atom stereocenters. The zero-order chi connectivity index (χ0) is 18.3. The van der Waals surface area contributed by atoms with Gasteiger partial charge in [0.25, 0.3) is 0 Å². The minimum atomic E-state index is -0.289. The van der Waals surface area contributed by atoms with E-state index < -0.39 is 0 Å². The summed E-state index contributed by atoms with van der Waals surface area (Å²) in [6, 6.07) is 17.0. The number of allylic oxidation sites excluding steroid dienone is 2. The van der Waals surface area contributed by atoms with Crippen molar-refractivity contribution in [2.75, 3.05) is 0 Å². The smallest absolute Gasteiger partial charge is 0.308 e. The van der Waals surface area contributed by atoms with Crippen LogP contribution in [0, 0.1) is 11.8 Å². The van der Waals surface area contributed by atoms with Crippen LogP contribution in [-0.2, 0) is 10.2 Å². The fourth-order valence-corrected chi connectivity index (χ4v) is 4.58. The van der Waals surface area contributed by atoms with Crippen molar-refractivity contribution in [3.63, 3.8) is 0 Å². The van der Waals surface area contributed by atoms with Crippen LogP contribution in [0.3, 0.4) is 0 Å². The lowest BCUT2D eigenvalue weighted by Crippen LogP contribution is -2.19. The predicted octanol–water partition coefficient (Wildman–Crippen LogP) is 5.62. The van der Waals surface area contributed by atoms with E-state index in [-0.39, 0.29) is 11.4 Å². The molecule has 1 saturated carbocycles. The second-order valence-electron chi connectivity index (χ2n) is 8.25.